The van der Waals surface area contributed by atoms with E-state index in [1.807, 2.05) is 25.3 Å². The van der Waals surface area contributed by atoms with Gasteiger partial charge in [-0.2, -0.15) is 0 Å². The number of Topliss-reactive ketones (excluding diaryl/α,β-unsaturated/α-hetero) is 1. The quantitative estimate of drug-likeness (QED) is 0.513. The first-order chi connectivity index (χ1) is 13.7. The van der Waals surface area contributed by atoms with Crippen LogP contribution < -0.4 is 5.32 Å². The highest BCUT2D eigenvalue weighted by Crippen LogP contribution is 2.21. The average Bonchev–Trinajstić information content (AvgIpc) is 2.98. The Labute approximate surface area is 168 Å². The van der Waals surface area contributed by atoms with E-state index in [0.29, 0.717) is 12.2 Å². The summed E-state index contributed by atoms with van der Waals surface area (Å²) >= 11 is 0. The largest absolute Gasteiger partial charge is 0.456 e. The molecule has 0 unspecified atom stereocenters. The maximum atomic E-state index is 13.1. The van der Waals surface area contributed by atoms with Gasteiger partial charge in [0.05, 0.1) is 12.6 Å². The monoisotopic (exact) mass is 404 g/mol. The van der Waals surface area contributed by atoms with Gasteiger partial charge in [0, 0.05) is 29.6 Å². The van der Waals surface area contributed by atoms with Gasteiger partial charge in [0.1, 0.15) is 12.4 Å². The highest BCUT2D eigenvalue weighted by molar-refractivity contribution is 6.00. The highest BCUT2D eigenvalue weighted by atomic mass is 19.1. The summed E-state index contributed by atoms with van der Waals surface area (Å²) in [5.74, 6) is -2.25. The summed E-state index contributed by atoms with van der Waals surface area (Å²) in [6.45, 7) is 5.35. The summed E-state index contributed by atoms with van der Waals surface area (Å²) in [6, 6.07) is 6.90. The van der Waals surface area contributed by atoms with Gasteiger partial charge in [0.2, 0.25) is 5.78 Å². The molecule has 1 amide bonds. The Bertz CT molecular complexity index is 906. The van der Waals surface area contributed by atoms with Crippen LogP contribution >= 0.6 is 0 Å². The van der Waals surface area contributed by atoms with Crippen molar-refractivity contribution in [2.24, 2.45) is 0 Å². The molecule has 0 aliphatic heterocycles. The maximum absolute atomic E-state index is 13.1. The van der Waals surface area contributed by atoms with Crippen LogP contribution in [-0.2, 0) is 14.3 Å². The van der Waals surface area contributed by atoms with Gasteiger partial charge < -0.3 is 19.4 Å². The zero-order valence-corrected chi connectivity index (χ0v) is 17.0. The number of nitrogens with one attached hydrogen (secondary N) is 1. The Balaban J connectivity index is 1.89. The van der Waals surface area contributed by atoms with Crippen LogP contribution in [0.4, 0.5) is 4.39 Å². The Morgan fingerprint density at radius 3 is 2.59 bits per heavy atom. The van der Waals surface area contributed by atoms with E-state index in [1.165, 1.54) is 18.2 Å². The number of carbonyl (C=O) groups excluding carboxylic acids is 3. The fourth-order valence-electron chi connectivity index (χ4n) is 3.21. The van der Waals surface area contributed by atoms with Crippen molar-refractivity contribution in [3.8, 4) is 0 Å². The Morgan fingerprint density at radius 1 is 1.21 bits per heavy atom. The van der Waals surface area contributed by atoms with Gasteiger partial charge in [-0.15, -0.1) is 0 Å². The number of aromatic nitrogens is 1. The van der Waals surface area contributed by atoms with Crippen LogP contribution in [0, 0.1) is 19.7 Å². The number of benzene rings is 1. The van der Waals surface area contributed by atoms with Crippen LogP contribution in [0.15, 0.2) is 30.3 Å². The second-order valence-corrected chi connectivity index (χ2v) is 6.74. The fraction of sp³-hybridized carbons (Fsp3) is 0.381. The number of hydrogen-bond donors (Lipinski definition) is 1. The summed E-state index contributed by atoms with van der Waals surface area (Å²) in [7, 11) is 1.61. The van der Waals surface area contributed by atoms with E-state index in [2.05, 4.69) is 5.32 Å². The molecule has 0 aliphatic rings. The van der Waals surface area contributed by atoms with Crippen LogP contribution in [0.5, 0.6) is 0 Å². The summed E-state index contributed by atoms with van der Waals surface area (Å²) in [5.41, 5.74) is 2.24. The van der Waals surface area contributed by atoms with Gasteiger partial charge in [-0.3, -0.25) is 14.4 Å². The molecule has 2 aromatic rings. The normalized spacial score (nSPS) is 11.8. The van der Waals surface area contributed by atoms with Gasteiger partial charge >= 0.3 is 5.97 Å². The number of esters is 1. The van der Waals surface area contributed by atoms with Crippen molar-refractivity contribution in [1.29, 1.82) is 0 Å². The molecule has 2 rings (SSSR count). The number of ketones is 1. The lowest BCUT2D eigenvalue weighted by Gasteiger charge is -2.17. The maximum Gasteiger partial charge on any atom is 0.325 e. The molecule has 0 fully saturated rings. The lowest BCUT2D eigenvalue weighted by molar-refractivity contribution is -0.141. The van der Waals surface area contributed by atoms with E-state index in [1.54, 1.807) is 13.2 Å². The molecule has 1 N–H and O–H groups in total. The van der Waals surface area contributed by atoms with E-state index >= 15 is 0 Å². The lowest BCUT2D eigenvalue weighted by atomic mass is 10.1. The Hall–Kier alpha value is -3.00. The molecular weight excluding hydrogens is 379 g/mol. The van der Waals surface area contributed by atoms with Crippen LogP contribution in [0.25, 0.3) is 0 Å². The van der Waals surface area contributed by atoms with Crippen molar-refractivity contribution < 1.29 is 28.2 Å². The summed E-state index contributed by atoms with van der Waals surface area (Å²) in [5, 5.41) is 2.33. The van der Waals surface area contributed by atoms with Crippen molar-refractivity contribution in [2.75, 3.05) is 26.9 Å². The number of aryl methyl sites for hydroxylation is 1. The third-order valence-electron chi connectivity index (χ3n) is 4.48. The van der Waals surface area contributed by atoms with Crippen molar-refractivity contribution in [3.05, 3.63) is 58.7 Å². The predicted molar refractivity (Wildman–Crippen MR) is 105 cm³/mol. The van der Waals surface area contributed by atoms with Gasteiger partial charge in [-0.1, -0.05) is 6.07 Å². The molecule has 29 heavy (non-hydrogen) atoms. The zero-order chi connectivity index (χ0) is 21.6. The lowest BCUT2D eigenvalue weighted by Crippen LogP contribution is -2.31. The number of carbonyl (C=O) groups is 3. The topological polar surface area (TPSA) is 86.6 Å². The van der Waals surface area contributed by atoms with E-state index in [4.69, 9.17) is 9.47 Å². The SMILES string of the molecule is COC[C@@H](C)n1c(C)cc(C(=O)COC(=O)CNC(=O)c2cccc(F)c2)c1C. The molecule has 1 aromatic carbocycles. The number of rotatable bonds is 9. The first-order valence-electron chi connectivity index (χ1n) is 9.14. The van der Waals surface area contributed by atoms with Crippen LogP contribution in [0.1, 0.15) is 45.1 Å². The van der Waals surface area contributed by atoms with Crippen LogP contribution in [0.3, 0.4) is 0 Å². The predicted octanol–water partition coefficient (Wildman–Crippen LogP) is 2.61. The number of hydrogen-bond acceptors (Lipinski definition) is 5. The average molecular weight is 404 g/mol. The molecule has 156 valence electrons. The molecule has 1 aromatic heterocycles. The number of halogens is 1. The van der Waals surface area contributed by atoms with Crippen molar-refractivity contribution in [2.45, 2.75) is 26.8 Å². The Kier molecular flexibility index (Phi) is 7.67. The Morgan fingerprint density at radius 2 is 1.93 bits per heavy atom. The molecule has 1 atom stereocenters. The zero-order valence-electron chi connectivity index (χ0n) is 17.0. The number of nitrogens with zero attached hydrogens (tertiary/aromatic N) is 1. The second-order valence-electron chi connectivity index (χ2n) is 6.74. The minimum atomic E-state index is -0.760. The summed E-state index contributed by atoms with van der Waals surface area (Å²) < 4.78 is 25.3. The van der Waals surface area contributed by atoms with Crippen molar-refractivity contribution >= 4 is 17.7 Å². The minimum absolute atomic E-state index is 0.0575. The smallest absolute Gasteiger partial charge is 0.325 e. The molecular formula is C21H25FN2O5. The van der Waals surface area contributed by atoms with Gasteiger partial charge in [-0.05, 0) is 45.0 Å². The number of methoxy groups -OCH3 is 1. The molecule has 0 bridgehead atoms. The fourth-order valence-corrected chi connectivity index (χ4v) is 3.21. The molecule has 7 nitrogen and oxygen atoms in total. The first-order valence-corrected chi connectivity index (χ1v) is 9.14. The van der Waals surface area contributed by atoms with Crippen LogP contribution in [0.2, 0.25) is 0 Å². The third kappa shape index (κ3) is 5.74. The standard InChI is InChI=1S/C21H25FN2O5/c1-13-8-18(15(3)24(13)14(2)11-28-4)19(25)12-29-20(26)10-23-21(27)16-6-5-7-17(22)9-16/h5-9,14H,10-12H2,1-4H3,(H,23,27)/t14-/m1/s1. The molecule has 0 radical (unpaired) electrons. The summed E-state index contributed by atoms with van der Waals surface area (Å²) in [6.07, 6.45) is 0. The van der Waals surface area contributed by atoms with E-state index in [-0.39, 0.29) is 17.4 Å². The second kappa shape index (κ2) is 9.97. The number of amides is 1. The van der Waals surface area contributed by atoms with Crippen molar-refractivity contribution in [1.82, 2.24) is 9.88 Å². The highest BCUT2D eigenvalue weighted by Gasteiger charge is 2.20. The van der Waals surface area contributed by atoms with E-state index in [0.717, 1.165) is 17.5 Å². The molecule has 8 heteroatoms. The molecule has 0 spiro atoms. The third-order valence-corrected chi connectivity index (χ3v) is 4.48. The molecule has 0 saturated heterocycles. The molecule has 1 heterocycles. The van der Waals surface area contributed by atoms with Gasteiger partial charge in [-0.25, -0.2) is 4.39 Å². The van der Waals surface area contributed by atoms with Crippen molar-refractivity contribution in [3.63, 3.8) is 0 Å². The number of ether oxygens (including phenoxy) is 2. The van der Waals surface area contributed by atoms with E-state index < -0.39 is 30.8 Å². The summed E-state index contributed by atoms with van der Waals surface area (Å²) in [4.78, 5) is 36.2. The van der Waals surface area contributed by atoms with Gasteiger partial charge in [0.25, 0.3) is 5.91 Å². The van der Waals surface area contributed by atoms with E-state index in [9.17, 15) is 18.8 Å². The first kappa shape index (κ1) is 22.3. The van der Waals surface area contributed by atoms with Gasteiger partial charge in [0.15, 0.2) is 6.61 Å². The molecule has 0 aliphatic carbocycles. The van der Waals surface area contributed by atoms with Crippen LogP contribution in [-0.4, -0.2) is 49.1 Å². The molecule has 0 saturated carbocycles. The minimum Gasteiger partial charge on any atom is -0.456 e.